The van der Waals surface area contributed by atoms with Crippen LogP contribution in [0.3, 0.4) is 0 Å². The quantitative estimate of drug-likeness (QED) is 0.885. The Labute approximate surface area is 155 Å². The Morgan fingerprint density at radius 3 is 2.12 bits per heavy atom. The van der Waals surface area contributed by atoms with E-state index in [1.165, 1.54) is 0 Å². The zero-order chi connectivity index (χ0) is 18.0. The van der Waals surface area contributed by atoms with E-state index in [9.17, 15) is 9.59 Å². The van der Waals surface area contributed by atoms with Crippen LogP contribution in [-0.2, 0) is 0 Å². The summed E-state index contributed by atoms with van der Waals surface area (Å²) < 4.78 is 0. The second-order valence-electron chi connectivity index (χ2n) is 5.76. The summed E-state index contributed by atoms with van der Waals surface area (Å²) in [6, 6.07) is 11.6. The van der Waals surface area contributed by atoms with Gasteiger partial charge in [-0.3, -0.25) is 4.79 Å². The Bertz CT molecular complexity index is 800. The summed E-state index contributed by atoms with van der Waals surface area (Å²) in [4.78, 5) is 27.4. The molecule has 1 fully saturated rings. The summed E-state index contributed by atoms with van der Waals surface area (Å²) in [5, 5.41) is 9.80. The minimum Gasteiger partial charge on any atom is -0.478 e. The number of aromatic carboxylic acids is 1. The second-order valence-corrected chi connectivity index (χ2v) is 6.60. The van der Waals surface area contributed by atoms with E-state index in [-0.39, 0.29) is 11.5 Å². The predicted molar refractivity (Wildman–Crippen MR) is 98.0 cm³/mol. The van der Waals surface area contributed by atoms with Gasteiger partial charge < -0.3 is 14.9 Å². The lowest BCUT2D eigenvalue weighted by atomic mass is 10.1. The van der Waals surface area contributed by atoms with Gasteiger partial charge in [-0.1, -0.05) is 23.2 Å². The first-order valence-corrected chi connectivity index (χ1v) is 8.54. The van der Waals surface area contributed by atoms with Crippen LogP contribution >= 0.6 is 23.2 Å². The Hall–Kier alpha value is -2.24. The molecule has 2 aromatic rings. The van der Waals surface area contributed by atoms with Crippen LogP contribution in [0.25, 0.3) is 0 Å². The smallest absolute Gasteiger partial charge is 0.335 e. The Morgan fingerprint density at radius 2 is 1.56 bits per heavy atom. The summed E-state index contributed by atoms with van der Waals surface area (Å²) in [6.45, 7) is 2.48. The molecule has 7 heteroatoms. The van der Waals surface area contributed by atoms with Crippen LogP contribution in [0.4, 0.5) is 5.69 Å². The van der Waals surface area contributed by atoms with E-state index in [0.29, 0.717) is 41.8 Å². The lowest BCUT2D eigenvalue weighted by Crippen LogP contribution is -2.48. The number of anilines is 1. The van der Waals surface area contributed by atoms with E-state index in [4.69, 9.17) is 28.3 Å². The van der Waals surface area contributed by atoms with Crippen LogP contribution in [0.15, 0.2) is 42.5 Å². The molecule has 1 N–H and O–H groups in total. The molecule has 1 amide bonds. The highest BCUT2D eigenvalue weighted by Gasteiger charge is 2.24. The van der Waals surface area contributed by atoms with E-state index < -0.39 is 5.97 Å². The van der Waals surface area contributed by atoms with Gasteiger partial charge in [-0.25, -0.2) is 4.79 Å². The maximum absolute atomic E-state index is 12.6. The lowest BCUT2D eigenvalue weighted by Gasteiger charge is -2.36. The highest BCUT2D eigenvalue weighted by atomic mass is 35.5. The van der Waals surface area contributed by atoms with Gasteiger partial charge in [0.2, 0.25) is 0 Å². The van der Waals surface area contributed by atoms with E-state index in [1.54, 1.807) is 47.4 Å². The van der Waals surface area contributed by atoms with E-state index in [1.807, 2.05) is 0 Å². The van der Waals surface area contributed by atoms with Crippen molar-refractivity contribution in [1.82, 2.24) is 4.90 Å². The Morgan fingerprint density at radius 1 is 0.920 bits per heavy atom. The van der Waals surface area contributed by atoms with Gasteiger partial charge in [0.15, 0.2) is 0 Å². The Kier molecular flexibility index (Phi) is 5.16. The topological polar surface area (TPSA) is 60.9 Å². The zero-order valence-corrected chi connectivity index (χ0v) is 14.8. The minimum absolute atomic E-state index is 0.109. The molecule has 0 aliphatic carbocycles. The third-order valence-corrected chi connectivity index (χ3v) is 4.76. The molecule has 0 bridgehead atoms. The van der Waals surface area contributed by atoms with Crippen LogP contribution in [-0.4, -0.2) is 48.1 Å². The number of hydrogen-bond acceptors (Lipinski definition) is 3. The molecule has 5 nitrogen and oxygen atoms in total. The minimum atomic E-state index is -0.943. The van der Waals surface area contributed by atoms with E-state index >= 15 is 0 Å². The number of nitrogens with zero attached hydrogens (tertiary/aromatic N) is 2. The number of rotatable bonds is 3. The molecule has 0 spiro atoms. The van der Waals surface area contributed by atoms with Gasteiger partial charge in [-0.2, -0.15) is 0 Å². The molecule has 2 aromatic carbocycles. The fraction of sp³-hybridized carbons (Fsp3) is 0.222. The molecule has 1 saturated heterocycles. The van der Waals surface area contributed by atoms with Crippen LogP contribution in [0.1, 0.15) is 20.7 Å². The number of piperazine rings is 1. The zero-order valence-electron chi connectivity index (χ0n) is 13.3. The largest absolute Gasteiger partial charge is 0.478 e. The molecule has 0 radical (unpaired) electrons. The normalized spacial score (nSPS) is 14.5. The van der Waals surface area contributed by atoms with Crippen molar-refractivity contribution in [2.24, 2.45) is 0 Å². The predicted octanol–water partition coefficient (Wildman–Crippen LogP) is 3.65. The molecule has 1 aliphatic rings. The first-order valence-electron chi connectivity index (χ1n) is 7.78. The van der Waals surface area contributed by atoms with Crippen LogP contribution < -0.4 is 4.90 Å². The highest BCUT2D eigenvalue weighted by molar-refractivity contribution is 6.36. The van der Waals surface area contributed by atoms with Crippen molar-refractivity contribution >= 4 is 40.8 Å². The fourth-order valence-electron chi connectivity index (χ4n) is 2.82. The molecule has 3 rings (SSSR count). The first-order chi connectivity index (χ1) is 12.0. The number of carbonyl (C=O) groups excluding carboxylic acids is 1. The number of carboxylic acid groups (broad SMARTS) is 1. The van der Waals surface area contributed by atoms with Gasteiger partial charge >= 0.3 is 5.97 Å². The molecule has 25 heavy (non-hydrogen) atoms. The highest BCUT2D eigenvalue weighted by Crippen LogP contribution is 2.24. The molecule has 130 valence electrons. The third-order valence-electron chi connectivity index (χ3n) is 4.21. The van der Waals surface area contributed by atoms with Crippen molar-refractivity contribution in [3.63, 3.8) is 0 Å². The standard InChI is InChI=1S/C18H16Cl2N2O3/c19-13-3-6-15(16(20)11-13)17(23)22-9-7-21(8-10-22)14-4-1-12(2-5-14)18(24)25/h1-6,11H,7-10H2,(H,24,25). The average molecular weight is 379 g/mol. The monoisotopic (exact) mass is 378 g/mol. The van der Waals surface area contributed by atoms with Gasteiger partial charge in [0, 0.05) is 36.9 Å². The van der Waals surface area contributed by atoms with Crippen molar-refractivity contribution in [1.29, 1.82) is 0 Å². The summed E-state index contributed by atoms with van der Waals surface area (Å²) in [5.74, 6) is -1.05. The Balaban J connectivity index is 1.65. The number of benzene rings is 2. The van der Waals surface area contributed by atoms with Crippen molar-refractivity contribution in [2.45, 2.75) is 0 Å². The molecule has 1 aliphatic heterocycles. The van der Waals surface area contributed by atoms with Gasteiger partial charge in [0.25, 0.3) is 5.91 Å². The maximum Gasteiger partial charge on any atom is 0.335 e. The number of halogens is 2. The van der Waals surface area contributed by atoms with Crippen LogP contribution in [0, 0.1) is 0 Å². The van der Waals surface area contributed by atoms with Crippen LogP contribution in [0.5, 0.6) is 0 Å². The van der Waals surface area contributed by atoms with E-state index in [0.717, 1.165) is 5.69 Å². The third kappa shape index (κ3) is 3.89. The van der Waals surface area contributed by atoms with Gasteiger partial charge in [0.05, 0.1) is 16.1 Å². The molecule has 1 heterocycles. The van der Waals surface area contributed by atoms with Crippen molar-refractivity contribution in [3.8, 4) is 0 Å². The number of amides is 1. The summed E-state index contributed by atoms with van der Waals surface area (Å²) >= 11 is 12.0. The maximum atomic E-state index is 12.6. The first kappa shape index (κ1) is 17.6. The second kappa shape index (κ2) is 7.33. The van der Waals surface area contributed by atoms with Gasteiger partial charge in [-0.15, -0.1) is 0 Å². The number of carbonyl (C=O) groups is 2. The molecule has 0 unspecified atom stereocenters. The SMILES string of the molecule is O=C(O)c1ccc(N2CCN(C(=O)c3ccc(Cl)cc3Cl)CC2)cc1. The average Bonchev–Trinajstić information content (AvgIpc) is 2.61. The summed E-state index contributed by atoms with van der Waals surface area (Å²) in [6.07, 6.45) is 0. The number of hydrogen-bond donors (Lipinski definition) is 1. The molecule has 0 aromatic heterocycles. The number of carboxylic acids is 1. The van der Waals surface area contributed by atoms with Crippen molar-refractivity contribution < 1.29 is 14.7 Å². The molecule has 0 atom stereocenters. The van der Waals surface area contributed by atoms with Crippen LogP contribution in [0.2, 0.25) is 10.0 Å². The molecular formula is C18H16Cl2N2O3. The summed E-state index contributed by atoms with van der Waals surface area (Å²) in [5.41, 5.74) is 1.65. The van der Waals surface area contributed by atoms with Crippen molar-refractivity contribution in [3.05, 3.63) is 63.6 Å². The van der Waals surface area contributed by atoms with E-state index in [2.05, 4.69) is 4.90 Å². The lowest BCUT2D eigenvalue weighted by molar-refractivity contribution is 0.0695. The van der Waals surface area contributed by atoms with Gasteiger partial charge in [-0.05, 0) is 42.5 Å². The molecular weight excluding hydrogens is 363 g/mol. The van der Waals surface area contributed by atoms with Crippen molar-refractivity contribution in [2.75, 3.05) is 31.1 Å². The summed E-state index contributed by atoms with van der Waals surface area (Å²) in [7, 11) is 0. The fourth-order valence-corrected chi connectivity index (χ4v) is 3.31. The molecule has 0 saturated carbocycles. The van der Waals surface area contributed by atoms with Gasteiger partial charge in [0.1, 0.15) is 0 Å².